The van der Waals surface area contributed by atoms with Gasteiger partial charge in [-0.2, -0.15) is 0 Å². The molecule has 0 spiro atoms. The molecule has 144 valence electrons. The summed E-state index contributed by atoms with van der Waals surface area (Å²) in [5, 5.41) is 9.26. The second kappa shape index (κ2) is 7.67. The van der Waals surface area contributed by atoms with Gasteiger partial charge in [-0.3, -0.25) is 4.98 Å². The molecule has 1 saturated carbocycles. The molecule has 1 fully saturated rings. The minimum absolute atomic E-state index is 0.0857. The molecule has 2 heterocycles. The van der Waals surface area contributed by atoms with Gasteiger partial charge >= 0.3 is 6.03 Å². The molecule has 0 unspecified atom stereocenters. The van der Waals surface area contributed by atoms with Crippen molar-refractivity contribution in [2.24, 2.45) is 0 Å². The van der Waals surface area contributed by atoms with Gasteiger partial charge in [0.15, 0.2) is 17.3 Å². The molecule has 3 aromatic rings. The smallest absolute Gasteiger partial charge is 0.323 e. The van der Waals surface area contributed by atoms with Gasteiger partial charge in [-0.05, 0) is 44.0 Å². The van der Waals surface area contributed by atoms with Crippen LogP contribution in [0.1, 0.15) is 35.9 Å². The number of nitrogens with zero attached hydrogens (tertiary/aromatic N) is 2. The third kappa shape index (κ3) is 4.11. The van der Waals surface area contributed by atoms with Crippen LogP contribution in [0.15, 0.2) is 47.1 Å². The van der Waals surface area contributed by atoms with E-state index in [9.17, 15) is 9.18 Å². The Kier molecular flexibility index (Phi) is 4.92. The zero-order valence-corrected chi connectivity index (χ0v) is 15.2. The lowest BCUT2D eigenvalue weighted by Crippen LogP contribution is -2.20. The SMILES string of the molecule is Cc1noc(C2CC2)c1NC(=O)Nc1ccc(OCc2ccccn2)c(F)c1. The summed E-state index contributed by atoms with van der Waals surface area (Å²) in [6.45, 7) is 1.92. The summed E-state index contributed by atoms with van der Waals surface area (Å²) in [5.74, 6) is 0.512. The lowest BCUT2D eigenvalue weighted by Gasteiger charge is -2.10. The number of aromatic nitrogens is 2. The minimum Gasteiger partial charge on any atom is -0.484 e. The predicted molar refractivity (Wildman–Crippen MR) is 101 cm³/mol. The Labute approximate surface area is 160 Å². The van der Waals surface area contributed by atoms with Gasteiger partial charge in [0.05, 0.1) is 5.69 Å². The van der Waals surface area contributed by atoms with E-state index >= 15 is 0 Å². The van der Waals surface area contributed by atoms with E-state index in [1.165, 1.54) is 12.1 Å². The molecular formula is C20H19FN4O3. The fourth-order valence-electron chi connectivity index (χ4n) is 2.77. The number of carbonyl (C=O) groups is 1. The molecule has 1 aromatic carbocycles. The number of anilines is 2. The molecule has 0 radical (unpaired) electrons. The fourth-order valence-corrected chi connectivity index (χ4v) is 2.77. The number of pyridine rings is 1. The first-order chi connectivity index (χ1) is 13.6. The molecule has 2 N–H and O–H groups in total. The molecule has 28 heavy (non-hydrogen) atoms. The van der Waals surface area contributed by atoms with Gasteiger partial charge in [0, 0.05) is 23.9 Å². The number of hydrogen-bond acceptors (Lipinski definition) is 5. The maximum absolute atomic E-state index is 14.3. The number of ether oxygens (including phenoxy) is 1. The van der Waals surface area contributed by atoms with E-state index in [1.54, 1.807) is 31.3 Å². The van der Waals surface area contributed by atoms with Crippen molar-refractivity contribution in [2.75, 3.05) is 10.6 Å². The summed E-state index contributed by atoms with van der Waals surface area (Å²) >= 11 is 0. The van der Waals surface area contributed by atoms with Crippen LogP contribution in [-0.4, -0.2) is 16.2 Å². The highest BCUT2D eigenvalue weighted by Crippen LogP contribution is 2.44. The van der Waals surface area contributed by atoms with Crippen molar-refractivity contribution in [1.29, 1.82) is 0 Å². The zero-order chi connectivity index (χ0) is 19.5. The van der Waals surface area contributed by atoms with Crippen molar-refractivity contribution in [3.8, 4) is 5.75 Å². The number of carbonyl (C=O) groups excluding carboxylic acids is 1. The number of halogens is 1. The van der Waals surface area contributed by atoms with Crippen LogP contribution in [0.5, 0.6) is 5.75 Å². The second-order valence-corrected chi connectivity index (χ2v) is 6.62. The average molecular weight is 382 g/mol. The van der Waals surface area contributed by atoms with E-state index in [1.807, 2.05) is 6.07 Å². The van der Waals surface area contributed by atoms with Crippen LogP contribution >= 0.6 is 0 Å². The molecule has 1 aliphatic rings. The lowest BCUT2D eigenvalue weighted by molar-refractivity contribution is 0.262. The van der Waals surface area contributed by atoms with Crippen molar-refractivity contribution < 1.29 is 18.4 Å². The number of amides is 2. The first kappa shape index (κ1) is 18.0. The standard InChI is InChI=1S/C20H19FN4O3/c1-12-18(19(28-25-12)13-5-6-13)24-20(26)23-14-7-8-17(16(21)10-14)27-11-15-4-2-3-9-22-15/h2-4,7-10,13H,5-6,11H2,1H3,(H2,23,24,26). The normalized spacial score (nSPS) is 13.2. The molecule has 0 atom stereocenters. The Morgan fingerprint density at radius 2 is 2.14 bits per heavy atom. The Bertz CT molecular complexity index is 986. The van der Waals surface area contributed by atoms with Crippen LogP contribution in [0, 0.1) is 12.7 Å². The van der Waals surface area contributed by atoms with Gasteiger partial charge < -0.3 is 19.9 Å². The highest BCUT2D eigenvalue weighted by molar-refractivity contribution is 6.00. The Morgan fingerprint density at radius 3 is 2.86 bits per heavy atom. The van der Waals surface area contributed by atoms with Crippen LogP contribution < -0.4 is 15.4 Å². The van der Waals surface area contributed by atoms with Crippen LogP contribution in [-0.2, 0) is 6.61 Å². The van der Waals surface area contributed by atoms with Crippen LogP contribution in [0.25, 0.3) is 0 Å². The molecule has 8 heteroatoms. The first-order valence-corrected chi connectivity index (χ1v) is 8.96. The second-order valence-electron chi connectivity index (χ2n) is 6.62. The van der Waals surface area contributed by atoms with Crippen molar-refractivity contribution >= 4 is 17.4 Å². The Morgan fingerprint density at radius 1 is 1.29 bits per heavy atom. The van der Waals surface area contributed by atoms with Gasteiger partial charge in [0.1, 0.15) is 18.0 Å². The maximum atomic E-state index is 14.3. The summed E-state index contributed by atoms with van der Waals surface area (Å²) in [6.07, 6.45) is 3.69. The number of aryl methyl sites for hydroxylation is 1. The van der Waals surface area contributed by atoms with Gasteiger partial charge in [-0.1, -0.05) is 11.2 Å². The van der Waals surface area contributed by atoms with Crippen LogP contribution in [0.3, 0.4) is 0 Å². The van der Waals surface area contributed by atoms with Gasteiger partial charge in [-0.15, -0.1) is 0 Å². The van der Waals surface area contributed by atoms with E-state index in [4.69, 9.17) is 9.26 Å². The molecular weight excluding hydrogens is 363 g/mol. The molecule has 0 bridgehead atoms. The monoisotopic (exact) mass is 382 g/mol. The van der Waals surface area contributed by atoms with Gasteiger partial charge in [0.2, 0.25) is 0 Å². The highest BCUT2D eigenvalue weighted by Gasteiger charge is 2.32. The van der Waals surface area contributed by atoms with Crippen molar-refractivity contribution in [3.05, 3.63) is 65.6 Å². The Balaban J connectivity index is 1.38. The van der Waals surface area contributed by atoms with E-state index in [-0.39, 0.29) is 12.4 Å². The molecule has 4 rings (SSSR count). The number of rotatable bonds is 6. The summed E-state index contributed by atoms with van der Waals surface area (Å²) in [4.78, 5) is 16.4. The average Bonchev–Trinajstić information content (AvgIpc) is 3.47. The first-order valence-electron chi connectivity index (χ1n) is 8.96. The molecule has 2 aromatic heterocycles. The third-order valence-corrected chi connectivity index (χ3v) is 4.37. The molecule has 1 aliphatic carbocycles. The molecule has 2 amide bonds. The van der Waals surface area contributed by atoms with Gasteiger partial charge in [0.25, 0.3) is 0 Å². The third-order valence-electron chi connectivity index (χ3n) is 4.37. The largest absolute Gasteiger partial charge is 0.484 e. The molecule has 0 saturated heterocycles. The Hall–Kier alpha value is -3.42. The van der Waals surface area contributed by atoms with Crippen LogP contribution in [0.2, 0.25) is 0 Å². The van der Waals surface area contributed by atoms with E-state index in [0.29, 0.717) is 34.4 Å². The maximum Gasteiger partial charge on any atom is 0.323 e. The number of benzene rings is 1. The minimum atomic E-state index is -0.575. The van der Waals surface area contributed by atoms with Crippen molar-refractivity contribution in [2.45, 2.75) is 32.3 Å². The number of urea groups is 1. The van der Waals surface area contributed by atoms with Crippen LogP contribution in [0.4, 0.5) is 20.6 Å². The quantitative estimate of drug-likeness (QED) is 0.649. The number of nitrogens with one attached hydrogen (secondary N) is 2. The van der Waals surface area contributed by atoms with Gasteiger partial charge in [-0.25, -0.2) is 9.18 Å². The van der Waals surface area contributed by atoms with E-state index in [0.717, 1.165) is 12.8 Å². The molecule has 0 aliphatic heterocycles. The molecule has 7 nitrogen and oxygen atoms in total. The topological polar surface area (TPSA) is 89.3 Å². The lowest BCUT2D eigenvalue weighted by atomic mass is 10.2. The zero-order valence-electron chi connectivity index (χ0n) is 15.2. The number of hydrogen-bond donors (Lipinski definition) is 2. The summed E-state index contributed by atoms with van der Waals surface area (Å²) in [5.41, 5.74) is 2.19. The fraction of sp³-hybridized carbons (Fsp3) is 0.250. The van der Waals surface area contributed by atoms with Crippen molar-refractivity contribution in [1.82, 2.24) is 10.1 Å². The highest BCUT2D eigenvalue weighted by atomic mass is 19.1. The van der Waals surface area contributed by atoms with Crippen molar-refractivity contribution in [3.63, 3.8) is 0 Å². The summed E-state index contributed by atoms with van der Waals surface area (Å²) in [7, 11) is 0. The summed E-state index contributed by atoms with van der Waals surface area (Å²) < 4.78 is 25.0. The summed E-state index contributed by atoms with van der Waals surface area (Å²) in [6, 6.07) is 9.17. The van der Waals surface area contributed by atoms with E-state index < -0.39 is 11.8 Å². The van der Waals surface area contributed by atoms with E-state index in [2.05, 4.69) is 20.8 Å². The predicted octanol–water partition coefficient (Wildman–Crippen LogP) is 4.62.